The molecule has 4 heteroatoms. The fourth-order valence-electron chi connectivity index (χ4n) is 2.40. The molecule has 1 heterocycles. The van der Waals surface area contributed by atoms with Gasteiger partial charge in [0.2, 0.25) is 5.91 Å². The second-order valence-corrected chi connectivity index (χ2v) is 5.99. The fourth-order valence-corrected chi connectivity index (χ4v) is 2.40. The summed E-state index contributed by atoms with van der Waals surface area (Å²) in [7, 11) is 1.82. The average Bonchev–Trinajstić information content (AvgIpc) is 2.70. The highest BCUT2D eigenvalue weighted by Gasteiger charge is 2.29. The highest BCUT2D eigenvalue weighted by Crippen LogP contribution is 2.35. The Morgan fingerprint density at radius 1 is 1.45 bits per heavy atom. The summed E-state index contributed by atoms with van der Waals surface area (Å²) in [5.41, 5.74) is 2.34. The average molecular weight is 276 g/mol. The molecule has 20 heavy (non-hydrogen) atoms. The maximum absolute atomic E-state index is 11.7. The zero-order chi connectivity index (χ0) is 14.8. The molecule has 0 atom stereocenters. The van der Waals surface area contributed by atoms with Gasteiger partial charge in [0, 0.05) is 26.6 Å². The number of nitrogens with one attached hydrogen (secondary N) is 1. The van der Waals surface area contributed by atoms with Crippen LogP contribution in [0.4, 0.5) is 0 Å². The zero-order valence-electron chi connectivity index (χ0n) is 12.8. The van der Waals surface area contributed by atoms with Crippen molar-refractivity contribution in [2.45, 2.75) is 39.3 Å². The maximum atomic E-state index is 11.7. The van der Waals surface area contributed by atoms with Crippen molar-refractivity contribution in [1.29, 1.82) is 0 Å². The molecule has 110 valence electrons. The third-order valence-electron chi connectivity index (χ3n) is 3.63. The van der Waals surface area contributed by atoms with Gasteiger partial charge in [-0.25, -0.2) is 0 Å². The molecule has 1 aliphatic heterocycles. The van der Waals surface area contributed by atoms with Crippen LogP contribution in [0.3, 0.4) is 0 Å². The number of amides is 1. The van der Waals surface area contributed by atoms with Crippen LogP contribution in [0.2, 0.25) is 0 Å². The van der Waals surface area contributed by atoms with Crippen molar-refractivity contribution in [1.82, 2.24) is 10.2 Å². The third kappa shape index (κ3) is 3.51. The van der Waals surface area contributed by atoms with E-state index >= 15 is 0 Å². The summed E-state index contributed by atoms with van der Waals surface area (Å²) < 4.78 is 5.86. The maximum Gasteiger partial charge on any atom is 0.236 e. The molecule has 0 spiro atoms. The third-order valence-corrected chi connectivity index (χ3v) is 3.63. The van der Waals surface area contributed by atoms with E-state index in [0.29, 0.717) is 13.1 Å². The topological polar surface area (TPSA) is 41.6 Å². The van der Waals surface area contributed by atoms with E-state index < -0.39 is 0 Å². The standard InChI is InChI=1S/C16H24N2O2/c1-5-18(4)15(19)11-17-10-12-6-7-14-13(8-12)9-16(2,3)20-14/h6-8,17H,5,9-11H2,1-4H3. The van der Waals surface area contributed by atoms with E-state index in [4.69, 9.17) is 4.74 Å². The first kappa shape index (κ1) is 14.9. The number of ether oxygens (including phenoxy) is 1. The Bertz CT molecular complexity index is 497. The number of benzene rings is 1. The van der Waals surface area contributed by atoms with Crippen LogP contribution in [0, 0.1) is 0 Å². The molecule has 0 aliphatic carbocycles. The Kier molecular flexibility index (Phi) is 4.33. The Morgan fingerprint density at radius 2 is 2.20 bits per heavy atom. The number of hydrogen-bond donors (Lipinski definition) is 1. The second kappa shape index (κ2) is 5.83. The number of hydrogen-bond acceptors (Lipinski definition) is 3. The smallest absolute Gasteiger partial charge is 0.236 e. The van der Waals surface area contributed by atoms with Gasteiger partial charge in [-0.3, -0.25) is 4.79 Å². The van der Waals surface area contributed by atoms with E-state index in [-0.39, 0.29) is 11.5 Å². The fraction of sp³-hybridized carbons (Fsp3) is 0.562. The lowest BCUT2D eigenvalue weighted by Gasteiger charge is -2.16. The Balaban J connectivity index is 1.88. The summed E-state index contributed by atoms with van der Waals surface area (Å²) in [6.07, 6.45) is 0.938. The largest absolute Gasteiger partial charge is 0.487 e. The minimum atomic E-state index is -0.103. The van der Waals surface area contributed by atoms with Crippen LogP contribution in [-0.2, 0) is 17.8 Å². The lowest BCUT2D eigenvalue weighted by molar-refractivity contribution is -0.128. The van der Waals surface area contributed by atoms with Crippen molar-refractivity contribution in [2.24, 2.45) is 0 Å². The number of fused-ring (bicyclic) bond motifs is 1. The predicted octanol–water partition coefficient (Wildman–Crippen LogP) is 1.97. The summed E-state index contributed by atoms with van der Waals surface area (Å²) in [6.45, 7) is 8.00. The van der Waals surface area contributed by atoms with E-state index in [9.17, 15) is 4.79 Å². The van der Waals surface area contributed by atoms with Crippen LogP contribution in [0.25, 0.3) is 0 Å². The Morgan fingerprint density at radius 3 is 2.90 bits per heavy atom. The van der Waals surface area contributed by atoms with E-state index in [0.717, 1.165) is 18.7 Å². The molecular formula is C16H24N2O2. The molecule has 0 fully saturated rings. The van der Waals surface area contributed by atoms with E-state index in [2.05, 4.69) is 31.3 Å². The first-order valence-corrected chi connectivity index (χ1v) is 7.17. The predicted molar refractivity (Wildman–Crippen MR) is 79.9 cm³/mol. The van der Waals surface area contributed by atoms with Gasteiger partial charge in [0.1, 0.15) is 11.4 Å². The number of likely N-dealkylation sites (N-methyl/N-ethyl adjacent to an activating group) is 1. The van der Waals surface area contributed by atoms with Gasteiger partial charge in [0.05, 0.1) is 6.54 Å². The molecule has 0 bridgehead atoms. The van der Waals surface area contributed by atoms with Crippen LogP contribution in [-0.4, -0.2) is 36.5 Å². The van der Waals surface area contributed by atoms with Gasteiger partial charge >= 0.3 is 0 Å². The van der Waals surface area contributed by atoms with Crippen molar-refractivity contribution in [3.05, 3.63) is 29.3 Å². The lowest BCUT2D eigenvalue weighted by Crippen LogP contribution is -2.35. The van der Waals surface area contributed by atoms with Gasteiger partial charge in [-0.15, -0.1) is 0 Å². The van der Waals surface area contributed by atoms with Crippen molar-refractivity contribution in [2.75, 3.05) is 20.1 Å². The highest BCUT2D eigenvalue weighted by molar-refractivity contribution is 5.77. The van der Waals surface area contributed by atoms with Gasteiger partial charge in [-0.1, -0.05) is 12.1 Å². The minimum absolute atomic E-state index is 0.103. The molecule has 1 aliphatic rings. The van der Waals surface area contributed by atoms with Gasteiger partial charge in [0.25, 0.3) is 0 Å². The first-order valence-electron chi connectivity index (χ1n) is 7.17. The summed E-state index contributed by atoms with van der Waals surface area (Å²) >= 11 is 0. The molecule has 1 N–H and O–H groups in total. The van der Waals surface area contributed by atoms with Crippen molar-refractivity contribution in [3.8, 4) is 5.75 Å². The number of nitrogens with zero attached hydrogens (tertiary/aromatic N) is 1. The van der Waals surface area contributed by atoms with Gasteiger partial charge in [-0.05, 0) is 38.0 Å². The number of carbonyl (C=O) groups is 1. The molecule has 2 rings (SSSR count). The molecule has 1 aromatic rings. The Labute approximate surface area is 121 Å². The van der Waals surface area contributed by atoms with Crippen LogP contribution >= 0.6 is 0 Å². The normalized spacial score (nSPS) is 15.6. The molecule has 0 saturated heterocycles. The van der Waals surface area contributed by atoms with Crippen LogP contribution in [0.5, 0.6) is 5.75 Å². The monoisotopic (exact) mass is 276 g/mol. The van der Waals surface area contributed by atoms with Crippen molar-refractivity contribution in [3.63, 3.8) is 0 Å². The van der Waals surface area contributed by atoms with Crippen LogP contribution < -0.4 is 10.1 Å². The molecular weight excluding hydrogens is 252 g/mol. The zero-order valence-corrected chi connectivity index (χ0v) is 12.8. The first-order chi connectivity index (χ1) is 9.41. The van der Waals surface area contributed by atoms with Crippen LogP contribution in [0.1, 0.15) is 31.9 Å². The summed E-state index contributed by atoms with van der Waals surface area (Å²) in [5, 5.41) is 3.20. The summed E-state index contributed by atoms with van der Waals surface area (Å²) in [4.78, 5) is 13.4. The Hall–Kier alpha value is -1.55. The summed E-state index contributed by atoms with van der Waals surface area (Å²) in [5.74, 6) is 1.11. The molecule has 0 aromatic heterocycles. The summed E-state index contributed by atoms with van der Waals surface area (Å²) in [6, 6.07) is 6.26. The van der Waals surface area contributed by atoms with Gasteiger partial charge < -0.3 is 15.0 Å². The van der Waals surface area contributed by atoms with E-state index in [1.807, 2.05) is 20.0 Å². The van der Waals surface area contributed by atoms with Gasteiger partial charge in [0.15, 0.2) is 0 Å². The number of carbonyl (C=O) groups excluding carboxylic acids is 1. The SMILES string of the molecule is CCN(C)C(=O)CNCc1ccc2c(c1)CC(C)(C)O2. The molecule has 0 radical (unpaired) electrons. The van der Waals surface area contributed by atoms with E-state index in [1.165, 1.54) is 11.1 Å². The molecule has 1 amide bonds. The second-order valence-electron chi connectivity index (χ2n) is 5.99. The quantitative estimate of drug-likeness (QED) is 0.894. The molecule has 0 saturated carbocycles. The lowest BCUT2D eigenvalue weighted by atomic mass is 10.0. The molecule has 0 unspecified atom stereocenters. The van der Waals surface area contributed by atoms with E-state index in [1.54, 1.807) is 4.90 Å². The highest BCUT2D eigenvalue weighted by atomic mass is 16.5. The molecule has 4 nitrogen and oxygen atoms in total. The minimum Gasteiger partial charge on any atom is -0.487 e. The van der Waals surface area contributed by atoms with Gasteiger partial charge in [-0.2, -0.15) is 0 Å². The number of rotatable bonds is 5. The van der Waals surface area contributed by atoms with Crippen molar-refractivity contribution < 1.29 is 9.53 Å². The van der Waals surface area contributed by atoms with Crippen LogP contribution in [0.15, 0.2) is 18.2 Å². The molecule has 1 aromatic carbocycles. The van der Waals surface area contributed by atoms with Crippen molar-refractivity contribution >= 4 is 5.91 Å².